The molecule has 0 aliphatic heterocycles. The number of rotatable bonds is 6. The van der Waals surface area contributed by atoms with E-state index in [0.29, 0.717) is 5.02 Å². The Hall–Kier alpha value is -1.45. The number of aryl methyl sites for hydroxylation is 1. The summed E-state index contributed by atoms with van der Waals surface area (Å²) in [6.07, 6.45) is 1.05. The molecule has 1 N–H and O–H groups in total. The number of halogens is 1. The molecule has 1 atom stereocenters. The van der Waals surface area contributed by atoms with Crippen molar-refractivity contribution in [3.63, 3.8) is 0 Å². The van der Waals surface area contributed by atoms with E-state index in [1.54, 1.807) is 7.11 Å². The van der Waals surface area contributed by atoms with E-state index in [-0.39, 0.29) is 6.04 Å². The van der Waals surface area contributed by atoms with Gasteiger partial charge in [0.1, 0.15) is 17.3 Å². The van der Waals surface area contributed by atoms with Gasteiger partial charge in [-0.05, 0) is 49.7 Å². The minimum Gasteiger partial charge on any atom is -0.497 e. The first-order valence-electron chi connectivity index (χ1n) is 6.79. The Morgan fingerprint density at radius 3 is 2.65 bits per heavy atom. The zero-order valence-corrected chi connectivity index (χ0v) is 12.8. The Morgan fingerprint density at radius 2 is 2.10 bits per heavy atom. The molecule has 2 aromatic rings. The molecule has 0 amide bonds. The molecular weight excluding hydrogens is 274 g/mol. The summed E-state index contributed by atoms with van der Waals surface area (Å²) in [7, 11) is 1.63. The molecule has 3 nitrogen and oxygen atoms in total. The first-order chi connectivity index (χ1) is 9.65. The fourth-order valence-electron chi connectivity index (χ4n) is 2.13. The van der Waals surface area contributed by atoms with Crippen molar-refractivity contribution in [2.75, 3.05) is 13.7 Å². The quantitative estimate of drug-likeness (QED) is 0.860. The third-order valence-electron chi connectivity index (χ3n) is 3.16. The zero-order chi connectivity index (χ0) is 14.5. The second kappa shape index (κ2) is 6.82. The molecule has 4 heteroatoms. The minimum absolute atomic E-state index is 0.0398. The van der Waals surface area contributed by atoms with Gasteiger partial charge in [-0.3, -0.25) is 0 Å². The van der Waals surface area contributed by atoms with Crippen LogP contribution in [0.2, 0.25) is 5.02 Å². The van der Waals surface area contributed by atoms with E-state index in [9.17, 15) is 0 Å². The van der Waals surface area contributed by atoms with Crippen LogP contribution in [0.4, 0.5) is 0 Å². The van der Waals surface area contributed by atoms with Gasteiger partial charge in [-0.1, -0.05) is 24.6 Å². The van der Waals surface area contributed by atoms with Gasteiger partial charge >= 0.3 is 0 Å². The van der Waals surface area contributed by atoms with E-state index in [0.717, 1.165) is 35.8 Å². The van der Waals surface area contributed by atoms with Gasteiger partial charge in [-0.2, -0.15) is 0 Å². The summed E-state index contributed by atoms with van der Waals surface area (Å²) >= 11 is 6.38. The number of furan rings is 1. The molecule has 1 heterocycles. The van der Waals surface area contributed by atoms with Crippen LogP contribution < -0.4 is 10.1 Å². The van der Waals surface area contributed by atoms with Gasteiger partial charge in [0.25, 0.3) is 0 Å². The normalized spacial score (nSPS) is 12.4. The maximum Gasteiger partial charge on any atom is 0.125 e. The van der Waals surface area contributed by atoms with Crippen LogP contribution in [0.25, 0.3) is 0 Å². The number of benzene rings is 1. The number of ether oxygens (including phenoxy) is 1. The van der Waals surface area contributed by atoms with Gasteiger partial charge in [-0.25, -0.2) is 0 Å². The first-order valence-corrected chi connectivity index (χ1v) is 7.16. The van der Waals surface area contributed by atoms with E-state index >= 15 is 0 Å². The largest absolute Gasteiger partial charge is 0.497 e. The number of nitrogens with one attached hydrogen (secondary N) is 1. The summed E-state index contributed by atoms with van der Waals surface area (Å²) in [5, 5.41) is 4.15. The summed E-state index contributed by atoms with van der Waals surface area (Å²) in [5.74, 6) is 2.53. The van der Waals surface area contributed by atoms with E-state index in [1.165, 1.54) is 0 Å². The van der Waals surface area contributed by atoms with E-state index in [1.807, 2.05) is 37.3 Å². The second-order valence-corrected chi connectivity index (χ2v) is 5.13. The highest BCUT2D eigenvalue weighted by atomic mass is 35.5. The van der Waals surface area contributed by atoms with Crippen molar-refractivity contribution in [1.82, 2.24) is 5.32 Å². The van der Waals surface area contributed by atoms with Crippen molar-refractivity contribution in [3.8, 4) is 5.75 Å². The molecule has 108 valence electrons. The standard InChI is InChI=1S/C16H20ClNO2/c1-4-9-18-16(15-8-5-11(2)20-15)13-7-6-12(19-3)10-14(13)17/h5-8,10,16,18H,4,9H2,1-3H3. The van der Waals surface area contributed by atoms with Crippen molar-refractivity contribution in [2.45, 2.75) is 26.3 Å². The van der Waals surface area contributed by atoms with Crippen LogP contribution in [0, 0.1) is 6.92 Å². The third-order valence-corrected chi connectivity index (χ3v) is 3.49. The first kappa shape index (κ1) is 14.9. The highest BCUT2D eigenvalue weighted by Crippen LogP contribution is 2.32. The summed E-state index contributed by atoms with van der Waals surface area (Å²) in [6, 6.07) is 9.63. The predicted molar refractivity (Wildman–Crippen MR) is 81.6 cm³/mol. The molecule has 0 bridgehead atoms. The Bertz CT molecular complexity index is 565. The van der Waals surface area contributed by atoms with Crippen LogP contribution in [0.3, 0.4) is 0 Å². The maximum atomic E-state index is 6.38. The van der Waals surface area contributed by atoms with Crippen molar-refractivity contribution >= 4 is 11.6 Å². The summed E-state index contributed by atoms with van der Waals surface area (Å²) in [6.45, 7) is 4.97. The highest BCUT2D eigenvalue weighted by Gasteiger charge is 2.19. The Morgan fingerprint density at radius 1 is 1.30 bits per heavy atom. The topological polar surface area (TPSA) is 34.4 Å². The molecule has 0 aliphatic carbocycles. The lowest BCUT2D eigenvalue weighted by Crippen LogP contribution is -2.23. The van der Waals surface area contributed by atoms with E-state index in [2.05, 4.69) is 12.2 Å². The summed E-state index contributed by atoms with van der Waals surface area (Å²) in [5.41, 5.74) is 0.996. The molecule has 1 aromatic carbocycles. The van der Waals surface area contributed by atoms with Gasteiger partial charge in [0.05, 0.1) is 13.2 Å². The Labute approximate surface area is 124 Å². The van der Waals surface area contributed by atoms with Crippen LogP contribution in [-0.4, -0.2) is 13.7 Å². The average molecular weight is 294 g/mol. The SMILES string of the molecule is CCCNC(c1ccc(C)o1)c1ccc(OC)cc1Cl. The smallest absolute Gasteiger partial charge is 0.125 e. The molecule has 0 saturated carbocycles. The molecular formula is C16H20ClNO2. The fourth-order valence-corrected chi connectivity index (χ4v) is 2.41. The maximum absolute atomic E-state index is 6.38. The fraction of sp³-hybridized carbons (Fsp3) is 0.375. The molecule has 20 heavy (non-hydrogen) atoms. The monoisotopic (exact) mass is 293 g/mol. The third kappa shape index (κ3) is 3.35. The van der Waals surface area contributed by atoms with Gasteiger partial charge in [0.2, 0.25) is 0 Å². The van der Waals surface area contributed by atoms with Crippen LogP contribution in [0.15, 0.2) is 34.7 Å². The van der Waals surface area contributed by atoms with Crippen LogP contribution >= 0.6 is 11.6 Å². The lowest BCUT2D eigenvalue weighted by Gasteiger charge is -2.18. The van der Waals surface area contributed by atoms with Gasteiger partial charge < -0.3 is 14.5 Å². The lowest BCUT2D eigenvalue weighted by atomic mass is 10.0. The second-order valence-electron chi connectivity index (χ2n) is 4.72. The molecule has 0 aliphatic rings. The molecule has 0 radical (unpaired) electrons. The predicted octanol–water partition coefficient (Wildman–Crippen LogP) is 4.34. The van der Waals surface area contributed by atoms with E-state index in [4.69, 9.17) is 20.8 Å². The van der Waals surface area contributed by atoms with Crippen molar-refractivity contribution < 1.29 is 9.15 Å². The van der Waals surface area contributed by atoms with Crippen molar-refractivity contribution in [1.29, 1.82) is 0 Å². The van der Waals surface area contributed by atoms with Gasteiger partial charge in [0.15, 0.2) is 0 Å². The minimum atomic E-state index is -0.0398. The van der Waals surface area contributed by atoms with E-state index < -0.39 is 0 Å². The van der Waals surface area contributed by atoms with Crippen molar-refractivity contribution in [2.24, 2.45) is 0 Å². The molecule has 0 spiro atoms. The molecule has 0 fully saturated rings. The number of methoxy groups -OCH3 is 1. The molecule has 2 rings (SSSR count). The van der Waals surface area contributed by atoms with Crippen molar-refractivity contribution in [3.05, 3.63) is 52.4 Å². The zero-order valence-electron chi connectivity index (χ0n) is 12.1. The van der Waals surface area contributed by atoms with Crippen LogP contribution in [-0.2, 0) is 0 Å². The Kier molecular flexibility index (Phi) is 5.10. The summed E-state index contributed by atoms with van der Waals surface area (Å²) < 4.78 is 10.9. The number of hydrogen-bond acceptors (Lipinski definition) is 3. The average Bonchev–Trinajstić information content (AvgIpc) is 2.87. The van der Waals surface area contributed by atoms with Gasteiger partial charge in [-0.15, -0.1) is 0 Å². The van der Waals surface area contributed by atoms with Crippen LogP contribution in [0.5, 0.6) is 5.75 Å². The Balaban J connectivity index is 2.35. The molecule has 0 saturated heterocycles. The van der Waals surface area contributed by atoms with Crippen LogP contribution in [0.1, 0.15) is 36.5 Å². The number of hydrogen-bond donors (Lipinski definition) is 1. The summed E-state index contributed by atoms with van der Waals surface area (Å²) in [4.78, 5) is 0. The molecule has 1 aromatic heterocycles. The lowest BCUT2D eigenvalue weighted by molar-refractivity contribution is 0.413. The van der Waals surface area contributed by atoms with Gasteiger partial charge in [0, 0.05) is 5.02 Å². The molecule has 1 unspecified atom stereocenters. The highest BCUT2D eigenvalue weighted by molar-refractivity contribution is 6.31.